The SMILES string of the molecule is NC(=O)[C@]1(C(=O)[C@@H](N)Cc2c[nH]cn2)CCCN1C(=O)[C@@H]1CC(=O)N1CO. The zero-order valence-electron chi connectivity index (χ0n) is 14.6. The molecule has 0 radical (unpaired) electrons. The van der Waals surface area contributed by atoms with Gasteiger partial charge < -0.3 is 31.4 Å². The fourth-order valence-electron chi connectivity index (χ4n) is 3.81. The predicted molar refractivity (Wildman–Crippen MR) is 90.5 cm³/mol. The van der Waals surface area contributed by atoms with Crippen LogP contribution in [0.15, 0.2) is 12.5 Å². The quantitative estimate of drug-likeness (QED) is 0.293. The van der Waals surface area contributed by atoms with Crippen molar-refractivity contribution in [3.05, 3.63) is 18.2 Å². The molecular weight excluding hydrogens is 356 g/mol. The average Bonchev–Trinajstić information content (AvgIpc) is 3.28. The Kier molecular flexibility index (Phi) is 4.98. The highest BCUT2D eigenvalue weighted by Gasteiger charge is 2.58. The number of ketones is 1. The number of hydrogen-bond acceptors (Lipinski definition) is 7. The maximum Gasteiger partial charge on any atom is 0.251 e. The molecule has 146 valence electrons. The first-order valence-corrected chi connectivity index (χ1v) is 8.62. The number of amides is 3. The van der Waals surface area contributed by atoms with Crippen LogP contribution in [0.4, 0.5) is 0 Å². The second-order valence-electron chi connectivity index (χ2n) is 6.78. The van der Waals surface area contributed by atoms with Crippen LogP contribution in [-0.4, -0.2) is 79.3 Å². The van der Waals surface area contributed by atoms with E-state index in [9.17, 15) is 24.3 Å². The number of rotatable bonds is 7. The molecule has 0 unspecified atom stereocenters. The van der Waals surface area contributed by atoms with Crippen molar-refractivity contribution in [3.8, 4) is 0 Å². The number of hydrogen-bond donors (Lipinski definition) is 4. The summed E-state index contributed by atoms with van der Waals surface area (Å²) in [5.74, 6) is -2.55. The summed E-state index contributed by atoms with van der Waals surface area (Å²) in [6, 6.07) is -1.99. The van der Waals surface area contributed by atoms with Crippen LogP contribution in [0.3, 0.4) is 0 Å². The summed E-state index contributed by atoms with van der Waals surface area (Å²) < 4.78 is 0. The summed E-state index contributed by atoms with van der Waals surface area (Å²) in [5, 5.41) is 9.24. The number of primary amides is 1. The van der Waals surface area contributed by atoms with E-state index in [0.29, 0.717) is 12.1 Å². The van der Waals surface area contributed by atoms with Crippen molar-refractivity contribution in [1.29, 1.82) is 0 Å². The van der Waals surface area contributed by atoms with Gasteiger partial charge in [-0.3, -0.25) is 19.2 Å². The number of aromatic amines is 1. The fourth-order valence-corrected chi connectivity index (χ4v) is 3.81. The normalized spacial score (nSPS) is 26.0. The van der Waals surface area contributed by atoms with Crippen LogP contribution >= 0.6 is 0 Å². The van der Waals surface area contributed by atoms with E-state index in [1.165, 1.54) is 6.33 Å². The third kappa shape index (κ3) is 2.98. The van der Waals surface area contributed by atoms with Gasteiger partial charge in [0.1, 0.15) is 12.8 Å². The van der Waals surface area contributed by atoms with Crippen LogP contribution < -0.4 is 11.5 Å². The van der Waals surface area contributed by atoms with Crippen molar-refractivity contribution >= 4 is 23.5 Å². The third-order valence-corrected chi connectivity index (χ3v) is 5.28. The van der Waals surface area contributed by atoms with Gasteiger partial charge in [-0.15, -0.1) is 0 Å². The van der Waals surface area contributed by atoms with Gasteiger partial charge in [0, 0.05) is 19.2 Å². The van der Waals surface area contributed by atoms with Crippen molar-refractivity contribution in [2.75, 3.05) is 13.3 Å². The van der Waals surface area contributed by atoms with Gasteiger partial charge in [0.2, 0.25) is 11.8 Å². The number of Topliss-reactive ketones (excluding diaryl/α,β-unsaturated/α-hetero) is 1. The molecule has 6 N–H and O–H groups in total. The van der Waals surface area contributed by atoms with Crippen LogP contribution in [0.2, 0.25) is 0 Å². The lowest BCUT2D eigenvalue weighted by atomic mass is 9.84. The largest absolute Gasteiger partial charge is 0.376 e. The van der Waals surface area contributed by atoms with Gasteiger partial charge in [-0.1, -0.05) is 0 Å². The summed E-state index contributed by atoms with van der Waals surface area (Å²) in [5.41, 5.74) is 10.3. The van der Waals surface area contributed by atoms with E-state index in [1.54, 1.807) is 6.20 Å². The first-order chi connectivity index (χ1) is 12.8. The molecule has 0 spiro atoms. The van der Waals surface area contributed by atoms with E-state index in [0.717, 1.165) is 9.80 Å². The second-order valence-corrected chi connectivity index (χ2v) is 6.78. The van der Waals surface area contributed by atoms with Gasteiger partial charge in [-0.05, 0) is 12.8 Å². The lowest BCUT2D eigenvalue weighted by molar-refractivity contribution is -0.168. The minimum absolute atomic E-state index is 0.0704. The molecule has 0 saturated carbocycles. The standard InChI is InChI=1S/C16H22N6O5/c17-10(4-9-6-19-7-20-9)13(25)16(15(18)27)2-1-3-22(16)14(26)11-5-12(24)21(11)8-23/h6-7,10-11,23H,1-5,8,17H2,(H2,18,27)(H,19,20)/t10-,11-,16+/m0/s1. The number of carbonyl (C=O) groups is 4. The zero-order valence-corrected chi connectivity index (χ0v) is 14.6. The van der Waals surface area contributed by atoms with Crippen molar-refractivity contribution in [3.63, 3.8) is 0 Å². The molecule has 3 heterocycles. The monoisotopic (exact) mass is 378 g/mol. The highest BCUT2D eigenvalue weighted by atomic mass is 16.3. The van der Waals surface area contributed by atoms with Gasteiger partial charge in [0.05, 0.1) is 24.5 Å². The number of nitrogens with zero attached hydrogens (tertiary/aromatic N) is 3. The van der Waals surface area contributed by atoms with Crippen molar-refractivity contribution in [1.82, 2.24) is 19.8 Å². The molecule has 1 aromatic heterocycles. The number of aliphatic hydroxyl groups excluding tert-OH is 1. The lowest BCUT2D eigenvalue weighted by Gasteiger charge is -2.43. The van der Waals surface area contributed by atoms with E-state index in [4.69, 9.17) is 11.5 Å². The van der Waals surface area contributed by atoms with Gasteiger partial charge >= 0.3 is 0 Å². The molecule has 0 aromatic carbocycles. The molecule has 3 amide bonds. The molecule has 2 saturated heterocycles. The van der Waals surface area contributed by atoms with Gasteiger partial charge in [-0.25, -0.2) is 4.98 Å². The average molecular weight is 378 g/mol. The molecule has 11 heteroatoms. The Morgan fingerprint density at radius 3 is 2.74 bits per heavy atom. The number of nitrogens with one attached hydrogen (secondary N) is 1. The first-order valence-electron chi connectivity index (χ1n) is 8.62. The van der Waals surface area contributed by atoms with Gasteiger partial charge in [0.25, 0.3) is 5.91 Å². The topological polar surface area (TPSA) is 176 Å². The minimum Gasteiger partial charge on any atom is -0.376 e. The van der Waals surface area contributed by atoms with Gasteiger partial charge in [-0.2, -0.15) is 0 Å². The maximum absolute atomic E-state index is 13.1. The van der Waals surface area contributed by atoms with Crippen molar-refractivity contribution in [2.45, 2.75) is 43.3 Å². The van der Waals surface area contributed by atoms with E-state index in [-0.39, 0.29) is 31.7 Å². The molecule has 1 aromatic rings. The van der Waals surface area contributed by atoms with Crippen molar-refractivity contribution in [2.24, 2.45) is 11.5 Å². The van der Waals surface area contributed by atoms with Crippen LogP contribution in [-0.2, 0) is 25.6 Å². The van der Waals surface area contributed by atoms with Crippen LogP contribution in [0, 0.1) is 0 Å². The predicted octanol–water partition coefficient (Wildman–Crippen LogP) is -2.75. The Morgan fingerprint density at radius 2 is 2.19 bits per heavy atom. The molecule has 2 aliphatic heterocycles. The second kappa shape index (κ2) is 7.08. The zero-order chi connectivity index (χ0) is 19.8. The smallest absolute Gasteiger partial charge is 0.251 e. The summed E-state index contributed by atoms with van der Waals surface area (Å²) >= 11 is 0. The molecular formula is C16H22N6O5. The number of aliphatic hydroxyl groups is 1. The van der Waals surface area contributed by atoms with E-state index in [1.807, 2.05) is 0 Å². The fraction of sp³-hybridized carbons (Fsp3) is 0.562. The maximum atomic E-state index is 13.1. The number of carbonyl (C=O) groups excluding carboxylic acids is 4. The van der Waals surface area contributed by atoms with Crippen LogP contribution in [0.1, 0.15) is 25.0 Å². The molecule has 2 aliphatic rings. The molecule has 27 heavy (non-hydrogen) atoms. The Morgan fingerprint density at radius 1 is 1.44 bits per heavy atom. The number of H-pyrrole nitrogens is 1. The number of imidazole rings is 1. The van der Waals surface area contributed by atoms with Crippen molar-refractivity contribution < 1.29 is 24.3 Å². The summed E-state index contributed by atoms with van der Waals surface area (Å²) in [6.45, 7) is -0.466. The molecule has 3 atom stereocenters. The number of β-lactam (4-membered cyclic amide) rings is 1. The minimum atomic E-state index is -1.85. The summed E-state index contributed by atoms with van der Waals surface area (Å²) in [7, 11) is 0. The Hall–Kier alpha value is -2.79. The molecule has 2 fully saturated rings. The Labute approximate surface area is 154 Å². The number of nitrogens with two attached hydrogens (primary N) is 2. The third-order valence-electron chi connectivity index (χ3n) is 5.28. The van der Waals surface area contributed by atoms with Crippen LogP contribution in [0.25, 0.3) is 0 Å². The number of aromatic nitrogens is 2. The van der Waals surface area contributed by atoms with Gasteiger partial charge in [0.15, 0.2) is 11.3 Å². The summed E-state index contributed by atoms with van der Waals surface area (Å²) in [6.07, 6.45) is 3.50. The van der Waals surface area contributed by atoms with E-state index in [2.05, 4.69) is 9.97 Å². The highest BCUT2D eigenvalue weighted by molar-refractivity contribution is 6.15. The van der Waals surface area contributed by atoms with Crippen LogP contribution in [0.5, 0.6) is 0 Å². The Balaban J connectivity index is 1.85. The van der Waals surface area contributed by atoms with E-state index < -0.39 is 42.0 Å². The Bertz CT molecular complexity index is 765. The summed E-state index contributed by atoms with van der Waals surface area (Å²) in [4.78, 5) is 58.7. The lowest BCUT2D eigenvalue weighted by Crippen LogP contribution is -2.69. The highest BCUT2D eigenvalue weighted by Crippen LogP contribution is 2.34. The molecule has 0 bridgehead atoms. The first kappa shape index (κ1) is 19.0. The molecule has 11 nitrogen and oxygen atoms in total. The van der Waals surface area contributed by atoms with E-state index >= 15 is 0 Å². The number of likely N-dealkylation sites (tertiary alicyclic amines) is 2. The molecule has 3 rings (SSSR count). The molecule has 0 aliphatic carbocycles.